The number of thiol groups is 1. The summed E-state index contributed by atoms with van der Waals surface area (Å²) < 4.78 is 0. The summed E-state index contributed by atoms with van der Waals surface area (Å²) in [5.41, 5.74) is 11.7. The van der Waals surface area contributed by atoms with Crippen molar-refractivity contribution in [2.75, 3.05) is 17.8 Å². The highest BCUT2D eigenvalue weighted by molar-refractivity contribution is 7.98. The van der Waals surface area contributed by atoms with Crippen LogP contribution >= 0.6 is 24.4 Å². The van der Waals surface area contributed by atoms with Crippen LogP contribution in [-0.2, 0) is 30.4 Å². The molecule has 194 valence electrons. The van der Waals surface area contributed by atoms with Crippen LogP contribution in [0.4, 0.5) is 0 Å². The number of nitrogens with two attached hydrogens (primary N) is 2. The Morgan fingerprint density at radius 2 is 1.51 bits per heavy atom. The number of rotatable bonds is 16. The molecule has 1 rings (SSSR count). The molecular formula is C22H33N5O6S2. The van der Waals surface area contributed by atoms with Gasteiger partial charge in [0.2, 0.25) is 23.6 Å². The Balaban J connectivity index is 3.03. The first-order valence-electron chi connectivity index (χ1n) is 10.9. The number of nitrogens with one attached hydrogen (secondary N) is 3. The highest BCUT2D eigenvalue weighted by Crippen LogP contribution is 2.07. The second-order valence-electron chi connectivity index (χ2n) is 7.79. The summed E-state index contributed by atoms with van der Waals surface area (Å²) in [6, 6.07) is 4.54. The smallest absolute Gasteiger partial charge is 0.327 e. The van der Waals surface area contributed by atoms with E-state index in [1.807, 2.05) is 6.26 Å². The molecule has 0 bridgehead atoms. The number of carboxylic acids is 1. The number of carbonyl (C=O) groups is 5. The number of primary amides is 1. The molecule has 4 unspecified atom stereocenters. The van der Waals surface area contributed by atoms with E-state index < -0.39 is 53.8 Å². The third kappa shape index (κ3) is 11.5. The van der Waals surface area contributed by atoms with E-state index in [-0.39, 0.29) is 31.4 Å². The van der Waals surface area contributed by atoms with E-state index in [4.69, 9.17) is 11.5 Å². The quantitative estimate of drug-likeness (QED) is 0.134. The molecule has 0 spiro atoms. The molecule has 0 radical (unpaired) electrons. The molecular weight excluding hydrogens is 494 g/mol. The van der Waals surface area contributed by atoms with Gasteiger partial charge in [-0.05, 0) is 30.4 Å². The maximum Gasteiger partial charge on any atom is 0.327 e. The Kier molecular flexibility index (Phi) is 13.8. The molecule has 8 N–H and O–H groups in total. The van der Waals surface area contributed by atoms with E-state index in [0.717, 1.165) is 5.56 Å². The fourth-order valence-corrected chi connectivity index (χ4v) is 3.72. The van der Waals surface area contributed by atoms with Crippen molar-refractivity contribution < 1.29 is 29.1 Å². The van der Waals surface area contributed by atoms with Gasteiger partial charge >= 0.3 is 5.97 Å². The average molecular weight is 528 g/mol. The molecule has 4 amide bonds. The third-order valence-corrected chi connectivity index (χ3v) is 6.00. The van der Waals surface area contributed by atoms with Crippen LogP contribution in [0.2, 0.25) is 0 Å². The van der Waals surface area contributed by atoms with E-state index in [2.05, 4.69) is 28.6 Å². The van der Waals surface area contributed by atoms with Gasteiger partial charge in [0.05, 0.1) is 6.04 Å². The Morgan fingerprint density at radius 3 is 2.06 bits per heavy atom. The maximum atomic E-state index is 13.2. The van der Waals surface area contributed by atoms with Gasteiger partial charge in [0, 0.05) is 18.6 Å². The Hall–Kier alpha value is -2.77. The summed E-state index contributed by atoms with van der Waals surface area (Å²) in [5, 5.41) is 16.8. The molecule has 0 saturated carbocycles. The summed E-state index contributed by atoms with van der Waals surface area (Å²) in [6.07, 6.45) is 2.11. The van der Waals surface area contributed by atoms with Crippen molar-refractivity contribution in [3.63, 3.8) is 0 Å². The number of benzene rings is 1. The van der Waals surface area contributed by atoms with Crippen molar-refractivity contribution in [1.29, 1.82) is 0 Å². The van der Waals surface area contributed by atoms with Gasteiger partial charge in [0.1, 0.15) is 18.1 Å². The number of amides is 4. The highest BCUT2D eigenvalue weighted by atomic mass is 32.2. The fourth-order valence-electron chi connectivity index (χ4n) is 3.00. The average Bonchev–Trinajstić information content (AvgIpc) is 2.82. The monoisotopic (exact) mass is 527 g/mol. The lowest BCUT2D eigenvalue weighted by atomic mass is 10.0. The molecule has 0 saturated heterocycles. The minimum Gasteiger partial charge on any atom is -0.480 e. The van der Waals surface area contributed by atoms with Crippen molar-refractivity contribution in [1.82, 2.24) is 16.0 Å². The Morgan fingerprint density at radius 1 is 0.943 bits per heavy atom. The second-order valence-corrected chi connectivity index (χ2v) is 9.14. The second kappa shape index (κ2) is 16.0. The molecule has 0 aliphatic heterocycles. The molecule has 0 aromatic heterocycles. The lowest BCUT2D eigenvalue weighted by Gasteiger charge is -2.25. The molecule has 0 aliphatic rings. The van der Waals surface area contributed by atoms with Crippen LogP contribution in [0.5, 0.6) is 0 Å². The first-order chi connectivity index (χ1) is 16.6. The fraction of sp³-hybridized carbons (Fsp3) is 0.500. The highest BCUT2D eigenvalue weighted by Gasteiger charge is 2.30. The maximum absolute atomic E-state index is 13.2. The van der Waals surface area contributed by atoms with E-state index >= 15 is 0 Å². The predicted octanol–water partition coefficient (Wildman–Crippen LogP) is -0.956. The van der Waals surface area contributed by atoms with Gasteiger partial charge in [-0.2, -0.15) is 24.4 Å². The molecule has 0 heterocycles. The van der Waals surface area contributed by atoms with Crippen molar-refractivity contribution in [3.05, 3.63) is 35.9 Å². The van der Waals surface area contributed by atoms with Crippen LogP contribution in [0.15, 0.2) is 30.3 Å². The van der Waals surface area contributed by atoms with E-state index in [1.54, 1.807) is 30.3 Å². The summed E-state index contributed by atoms with van der Waals surface area (Å²) in [5.74, 6) is -3.41. The largest absolute Gasteiger partial charge is 0.480 e. The topological polar surface area (TPSA) is 194 Å². The molecule has 0 aliphatic carbocycles. The van der Waals surface area contributed by atoms with E-state index in [0.29, 0.717) is 5.75 Å². The molecule has 13 heteroatoms. The minimum absolute atomic E-state index is 0.0138. The molecule has 11 nitrogen and oxygen atoms in total. The van der Waals surface area contributed by atoms with Gasteiger partial charge in [0.25, 0.3) is 0 Å². The zero-order valence-corrected chi connectivity index (χ0v) is 21.1. The summed E-state index contributed by atoms with van der Waals surface area (Å²) in [6.45, 7) is 0. The van der Waals surface area contributed by atoms with Gasteiger partial charge in [-0.15, -0.1) is 0 Å². The van der Waals surface area contributed by atoms with Crippen LogP contribution in [-0.4, -0.2) is 76.6 Å². The lowest BCUT2D eigenvalue weighted by Crippen LogP contribution is -2.58. The van der Waals surface area contributed by atoms with Crippen LogP contribution in [0.25, 0.3) is 0 Å². The predicted molar refractivity (Wildman–Crippen MR) is 137 cm³/mol. The van der Waals surface area contributed by atoms with Crippen LogP contribution in [0, 0.1) is 0 Å². The first kappa shape index (κ1) is 30.3. The van der Waals surface area contributed by atoms with Crippen LogP contribution in [0.3, 0.4) is 0 Å². The van der Waals surface area contributed by atoms with E-state index in [9.17, 15) is 29.1 Å². The summed E-state index contributed by atoms with van der Waals surface area (Å²) >= 11 is 5.39. The standard InChI is InChI=1S/C22H33N5O6S2/c1-35-10-9-15(20(30)27-17(12-34)22(32)33)25-21(31)16(11-13-5-3-2-4-6-13)26-19(29)14(23)7-8-18(24)28/h2-6,14-17,34H,7-12,23H2,1H3,(H2,24,28)(H,25,31)(H,26,29)(H,27,30)(H,32,33). The van der Waals surface area contributed by atoms with Gasteiger partial charge in [-0.25, -0.2) is 4.79 Å². The van der Waals surface area contributed by atoms with Crippen molar-refractivity contribution in [3.8, 4) is 0 Å². The van der Waals surface area contributed by atoms with Crippen LogP contribution in [0.1, 0.15) is 24.8 Å². The Labute approximate surface area is 213 Å². The molecule has 35 heavy (non-hydrogen) atoms. The number of hydrogen-bond donors (Lipinski definition) is 7. The molecule has 1 aromatic carbocycles. The number of thioether (sulfide) groups is 1. The Bertz CT molecular complexity index is 873. The summed E-state index contributed by atoms with van der Waals surface area (Å²) in [7, 11) is 0. The van der Waals surface area contributed by atoms with Gasteiger partial charge in [-0.3, -0.25) is 19.2 Å². The summed E-state index contributed by atoms with van der Waals surface area (Å²) in [4.78, 5) is 60.8. The molecule has 0 fully saturated rings. The van der Waals surface area contributed by atoms with Gasteiger partial charge < -0.3 is 32.5 Å². The minimum atomic E-state index is -1.25. The van der Waals surface area contributed by atoms with Gasteiger partial charge in [-0.1, -0.05) is 30.3 Å². The number of carbonyl (C=O) groups excluding carboxylic acids is 4. The molecule has 4 atom stereocenters. The zero-order valence-electron chi connectivity index (χ0n) is 19.4. The molecule has 1 aromatic rings. The van der Waals surface area contributed by atoms with Gasteiger partial charge in [0.15, 0.2) is 0 Å². The van der Waals surface area contributed by atoms with Crippen molar-refractivity contribution >= 4 is 54.0 Å². The van der Waals surface area contributed by atoms with Crippen molar-refractivity contribution in [2.45, 2.75) is 49.9 Å². The SMILES string of the molecule is CSCCC(NC(=O)C(Cc1ccccc1)NC(=O)C(N)CCC(N)=O)C(=O)NC(CS)C(=O)O. The lowest BCUT2D eigenvalue weighted by molar-refractivity contribution is -0.141. The van der Waals surface area contributed by atoms with Crippen LogP contribution < -0.4 is 27.4 Å². The first-order valence-corrected chi connectivity index (χ1v) is 12.9. The number of aliphatic carboxylic acids is 1. The number of hydrogen-bond acceptors (Lipinski definition) is 8. The van der Waals surface area contributed by atoms with Crippen molar-refractivity contribution in [2.24, 2.45) is 11.5 Å². The zero-order chi connectivity index (χ0) is 26.4. The normalized spacial score (nSPS) is 14.1. The van der Waals surface area contributed by atoms with E-state index in [1.165, 1.54) is 11.8 Å². The number of carboxylic acid groups (broad SMARTS) is 1. The third-order valence-electron chi connectivity index (χ3n) is 4.99.